The predicted molar refractivity (Wildman–Crippen MR) is 188 cm³/mol. The Morgan fingerprint density at radius 2 is 0.956 bits per heavy atom. The average Bonchev–Trinajstić information content (AvgIpc) is 3.42. The standard InChI is InChI=1S/C28H36N2.2C7H7.Pd/c1-4-7-10-22-13-17-24(18-14-22)27-21-26(12-9-6-3)28(30(27)29)25-19-15-23(16-20-25)11-8-5-2;2*1-7-5-3-2-4-6-7;/h13-21H,4-12H2,1-3H3;2*2-6H,1H2;. The van der Waals surface area contributed by atoms with Gasteiger partial charge in [0.2, 0.25) is 11.4 Å². The molecule has 0 saturated heterocycles. The number of benzene rings is 4. The van der Waals surface area contributed by atoms with E-state index < -0.39 is 0 Å². The molecule has 4 aromatic rings. The van der Waals surface area contributed by atoms with Crippen molar-refractivity contribution in [3.8, 4) is 0 Å². The second-order valence-corrected chi connectivity index (χ2v) is 13.6. The Morgan fingerprint density at radius 3 is 1.42 bits per heavy atom. The second-order valence-electron chi connectivity index (χ2n) is 11.8. The van der Waals surface area contributed by atoms with Crippen LogP contribution in [0.15, 0.2) is 121 Å². The number of rotatable bonds is 15. The van der Waals surface area contributed by atoms with Gasteiger partial charge in [-0.05, 0) is 73.9 Å². The summed E-state index contributed by atoms with van der Waals surface area (Å²) in [6.45, 7) is 6.67. The number of hydrogen-bond acceptors (Lipinski definition) is 0. The molecule has 1 aliphatic rings. The second kappa shape index (κ2) is 19.2. The maximum atomic E-state index is 11.2. The van der Waals surface area contributed by atoms with Crippen molar-refractivity contribution in [3.63, 3.8) is 0 Å². The van der Waals surface area contributed by atoms with E-state index in [1.165, 1.54) is 68.0 Å². The van der Waals surface area contributed by atoms with Gasteiger partial charge in [0, 0.05) is 22.8 Å². The quantitative estimate of drug-likeness (QED) is 0.0877. The topological polar surface area (TPSA) is 25.3 Å². The molecule has 0 bridgehead atoms. The monoisotopic (exact) mass is 688 g/mol. The Morgan fingerprint density at radius 1 is 0.511 bits per heavy atom. The van der Waals surface area contributed by atoms with Gasteiger partial charge in [-0.3, -0.25) is 0 Å². The molecule has 3 heteroatoms. The SMILES string of the molecule is CCCCC1=C(c2ccc(CCCC)cc2)[N+](=[N-])C(c2ccc(CCCC)cc2)=C1.c1ccc([CH2][Pd][CH2]c2ccccc2)cc1. The summed E-state index contributed by atoms with van der Waals surface area (Å²) in [6.07, 6.45) is 12.5. The summed E-state index contributed by atoms with van der Waals surface area (Å²) in [6, 6.07) is 38.9. The van der Waals surface area contributed by atoms with Crippen LogP contribution < -0.4 is 0 Å². The third-order valence-electron chi connectivity index (χ3n) is 8.07. The van der Waals surface area contributed by atoms with Crippen LogP contribution in [0.25, 0.3) is 16.9 Å². The van der Waals surface area contributed by atoms with E-state index in [0.29, 0.717) is 0 Å². The molecule has 0 radical (unpaired) electrons. The van der Waals surface area contributed by atoms with Gasteiger partial charge in [-0.1, -0.05) is 64.3 Å². The minimum absolute atomic E-state index is 0.793. The van der Waals surface area contributed by atoms with Crippen LogP contribution in [0.1, 0.15) is 99.1 Å². The summed E-state index contributed by atoms with van der Waals surface area (Å²) < 4.78 is 1.41. The van der Waals surface area contributed by atoms with E-state index in [4.69, 9.17) is 0 Å². The Hall–Kier alpha value is -3.38. The van der Waals surface area contributed by atoms with Crippen LogP contribution in [0, 0.1) is 0 Å². The van der Waals surface area contributed by atoms with Crippen molar-refractivity contribution in [2.45, 2.75) is 88.3 Å². The Kier molecular flexibility index (Phi) is 14.7. The number of aryl methyl sites for hydroxylation is 2. The fraction of sp³-hybridized carbons (Fsp3) is 0.333. The van der Waals surface area contributed by atoms with Crippen molar-refractivity contribution >= 4 is 11.4 Å². The van der Waals surface area contributed by atoms with Crippen molar-refractivity contribution in [1.29, 1.82) is 0 Å². The summed E-state index contributed by atoms with van der Waals surface area (Å²) in [5.41, 5.74) is 22.0. The van der Waals surface area contributed by atoms with E-state index in [9.17, 15) is 5.53 Å². The van der Waals surface area contributed by atoms with Gasteiger partial charge in [0.25, 0.3) is 0 Å². The molecule has 1 heterocycles. The van der Waals surface area contributed by atoms with Crippen LogP contribution in [0.5, 0.6) is 0 Å². The third-order valence-corrected chi connectivity index (χ3v) is 10.1. The van der Waals surface area contributed by atoms with Crippen molar-refractivity contribution in [3.05, 3.63) is 160 Å². The van der Waals surface area contributed by atoms with Crippen LogP contribution in [-0.4, -0.2) is 4.70 Å². The number of hydrogen-bond donors (Lipinski definition) is 0. The van der Waals surface area contributed by atoms with Crippen molar-refractivity contribution in [1.82, 2.24) is 0 Å². The van der Waals surface area contributed by atoms with E-state index in [2.05, 4.69) is 136 Å². The molecular formula is C42H50N2Pd. The molecule has 0 fully saturated rings. The molecule has 238 valence electrons. The molecule has 5 rings (SSSR count). The van der Waals surface area contributed by atoms with E-state index in [0.717, 1.165) is 72.6 Å². The molecule has 0 spiro atoms. The summed E-state index contributed by atoms with van der Waals surface area (Å²) in [4.78, 5) is 2.45. The molecular weight excluding hydrogens is 639 g/mol. The van der Waals surface area contributed by atoms with Crippen molar-refractivity contribution in [2.75, 3.05) is 0 Å². The predicted octanol–water partition coefficient (Wildman–Crippen LogP) is 11.8. The molecule has 45 heavy (non-hydrogen) atoms. The summed E-state index contributed by atoms with van der Waals surface area (Å²) in [7, 11) is 0. The first-order valence-corrected chi connectivity index (χ1v) is 19.0. The number of nitrogens with zero attached hydrogens (tertiary/aromatic N) is 2. The zero-order valence-electron chi connectivity index (χ0n) is 27.5. The molecule has 4 aromatic carbocycles. The number of unbranched alkanes of at least 4 members (excludes halogenated alkanes) is 3. The zero-order chi connectivity index (χ0) is 31.7. The van der Waals surface area contributed by atoms with Gasteiger partial charge in [-0.15, -0.1) is 0 Å². The Balaban J connectivity index is 0.000000256. The molecule has 0 saturated carbocycles. The fourth-order valence-corrected chi connectivity index (χ4v) is 7.21. The van der Waals surface area contributed by atoms with Crippen LogP contribution in [-0.2, 0) is 40.6 Å². The zero-order valence-corrected chi connectivity index (χ0v) is 29.0. The van der Waals surface area contributed by atoms with Crippen LogP contribution in [0.4, 0.5) is 0 Å². The Bertz CT molecular complexity index is 1460. The first-order chi connectivity index (χ1) is 22.1. The van der Waals surface area contributed by atoms with E-state index in [-0.39, 0.29) is 0 Å². The fourth-order valence-electron chi connectivity index (χ4n) is 5.38. The summed E-state index contributed by atoms with van der Waals surface area (Å²) in [5.74, 6) is 0. The van der Waals surface area contributed by atoms with Gasteiger partial charge < -0.3 is 5.53 Å². The first kappa shape index (κ1) is 34.5. The van der Waals surface area contributed by atoms with Crippen LogP contribution in [0.2, 0.25) is 0 Å². The van der Waals surface area contributed by atoms with Gasteiger partial charge in [-0.2, -0.15) is 0 Å². The molecule has 0 atom stereocenters. The summed E-state index contributed by atoms with van der Waals surface area (Å²) >= 11 is 0.793. The van der Waals surface area contributed by atoms with Crippen molar-refractivity contribution < 1.29 is 22.7 Å². The minimum atomic E-state index is 0.793. The molecule has 0 aliphatic carbocycles. The average molecular weight is 689 g/mol. The van der Waals surface area contributed by atoms with Gasteiger partial charge in [-0.25, -0.2) is 4.70 Å². The molecule has 2 nitrogen and oxygen atoms in total. The molecule has 0 N–H and O–H groups in total. The van der Waals surface area contributed by atoms with E-state index >= 15 is 0 Å². The third kappa shape index (κ3) is 10.9. The van der Waals surface area contributed by atoms with Gasteiger partial charge >= 0.3 is 99.6 Å². The van der Waals surface area contributed by atoms with E-state index in [1.54, 1.807) is 0 Å². The molecule has 0 unspecified atom stereocenters. The van der Waals surface area contributed by atoms with Crippen LogP contribution >= 0.6 is 0 Å². The van der Waals surface area contributed by atoms with Crippen LogP contribution in [0.3, 0.4) is 0 Å². The maximum absolute atomic E-state index is 11.2. The van der Waals surface area contributed by atoms with Gasteiger partial charge in [0.05, 0.1) is 0 Å². The Labute approximate surface area is 281 Å². The first-order valence-electron chi connectivity index (χ1n) is 16.8. The molecule has 0 aromatic heterocycles. The molecule has 1 aliphatic heterocycles. The normalized spacial score (nSPS) is 12.7. The van der Waals surface area contributed by atoms with Crippen molar-refractivity contribution in [2.24, 2.45) is 0 Å². The van der Waals surface area contributed by atoms with Gasteiger partial charge in [0.1, 0.15) is 0 Å². The van der Waals surface area contributed by atoms with Gasteiger partial charge in [0.15, 0.2) is 0 Å². The molecule has 0 amide bonds. The summed E-state index contributed by atoms with van der Waals surface area (Å²) in [5, 5.41) is 0. The number of allylic oxidation sites excluding steroid dienone is 2. The van der Waals surface area contributed by atoms with E-state index in [1.807, 2.05) is 0 Å².